The fourth-order valence-corrected chi connectivity index (χ4v) is 2.80. The van der Waals surface area contributed by atoms with E-state index in [1.807, 2.05) is 0 Å². The van der Waals surface area contributed by atoms with Gasteiger partial charge in [0, 0.05) is 12.3 Å². The molecule has 0 fully saturated rings. The monoisotopic (exact) mass is 294 g/mol. The van der Waals surface area contributed by atoms with E-state index in [2.05, 4.69) is 29.4 Å². The van der Waals surface area contributed by atoms with Crippen LogP contribution in [0, 0.1) is 11.8 Å². The lowest BCUT2D eigenvalue weighted by atomic mass is 9.85. The highest BCUT2D eigenvalue weighted by Gasteiger charge is 2.21. The molecule has 0 saturated carbocycles. The van der Waals surface area contributed by atoms with Crippen LogP contribution in [0.2, 0.25) is 0 Å². The van der Waals surface area contributed by atoms with Gasteiger partial charge in [0.1, 0.15) is 0 Å². The first-order valence-electron chi connectivity index (χ1n) is 6.61. The lowest BCUT2D eigenvalue weighted by Gasteiger charge is -2.24. The van der Waals surface area contributed by atoms with Gasteiger partial charge in [0.25, 0.3) is 0 Å². The van der Waals surface area contributed by atoms with Crippen molar-refractivity contribution in [2.24, 2.45) is 11.8 Å². The van der Waals surface area contributed by atoms with Gasteiger partial charge in [-0.05, 0) is 24.7 Å². The molecule has 2 atom stereocenters. The summed E-state index contributed by atoms with van der Waals surface area (Å²) in [5, 5.41) is 4.55. The SMILES string of the molecule is CC(=O)Nc1nc(C(=O)OC[C@H]2CC=CC[C@@H]2C)cs1. The van der Waals surface area contributed by atoms with Crippen molar-refractivity contribution in [2.75, 3.05) is 11.9 Å². The molecule has 0 aliphatic heterocycles. The van der Waals surface area contributed by atoms with Gasteiger partial charge in [-0.1, -0.05) is 19.1 Å². The zero-order valence-corrected chi connectivity index (χ0v) is 12.4. The van der Waals surface area contributed by atoms with E-state index >= 15 is 0 Å². The summed E-state index contributed by atoms with van der Waals surface area (Å²) < 4.78 is 5.31. The number of anilines is 1. The molecule has 0 bridgehead atoms. The highest BCUT2D eigenvalue weighted by molar-refractivity contribution is 7.14. The largest absolute Gasteiger partial charge is 0.461 e. The van der Waals surface area contributed by atoms with Crippen molar-refractivity contribution in [3.8, 4) is 0 Å². The second-order valence-corrected chi connectivity index (χ2v) is 5.86. The van der Waals surface area contributed by atoms with E-state index in [1.165, 1.54) is 18.3 Å². The van der Waals surface area contributed by atoms with Gasteiger partial charge in [-0.3, -0.25) is 4.79 Å². The van der Waals surface area contributed by atoms with Crippen LogP contribution in [-0.2, 0) is 9.53 Å². The minimum atomic E-state index is -0.431. The molecule has 1 N–H and O–H groups in total. The zero-order chi connectivity index (χ0) is 14.5. The molecule has 5 nitrogen and oxygen atoms in total. The van der Waals surface area contributed by atoms with E-state index in [1.54, 1.807) is 5.38 Å². The maximum absolute atomic E-state index is 11.9. The molecule has 1 heterocycles. The van der Waals surface area contributed by atoms with Crippen molar-refractivity contribution >= 4 is 28.3 Å². The summed E-state index contributed by atoms with van der Waals surface area (Å²) in [4.78, 5) is 26.8. The molecule has 20 heavy (non-hydrogen) atoms. The Morgan fingerprint density at radius 3 is 2.90 bits per heavy atom. The third kappa shape index (κ3) is 3.90. The van der Waals surface area contributed by atoms with Crippen molar-refractivity contribution in [1.29, 1.82) is 0 Å². The Morgan fingerprint density at radius 1 is 1.45 bits per heavy atom. The Bertz CT molecular complexity index is 524. The van der Waals surface area contributed by atoms with Crippen LogP contribution >= 0.6 is 11.3 Å². The zero-order valence-electron chi connectivity index (χ0n) is 11.6. The predicted octanol–water partition coefficient (Wildman–Crippen LogP) is 2.86. The number of hydrogen-bond acceptors (Lipinski definition) is 5. The van der Waals surface area contributed by atoms with Crippen molar-refractivity contribution in [3.63, 3.8) is 0 Å². The quantitative estimate of drug-likeness (QED) is 0.685. The number of rotatable bonds is 4. The van der Waals surface area contributed by atoms with Crippen LogP contribution in [0.5, 0.6) is 0 Å². The summed E-state index contributed by atoms with van der Waals surface area (Å²) >= 11 is 1.21. The summed E-state index contributed by atoms with van der Waals surface area (Å²) in [5.41, 5.74) is 0.248. The third-order valence-electron chi connectivity index (χ3n) is 3.34. The van der Waals surface area contributed by atoms with Crippen LogP contribution in [0.1, 0.15) is 37.2 Å². The molecule has 0 saturated heterocycles. The van der Waals surface area contributed by atoms with Crippen LogP contribution in [0.3, 0.4) is 0 Å². The van der Waals surface area contributed by atoms with E-state index in [9.17, 15) is 9.59 Å². The van der Waals surface area contributed by atoms with Gasteiger partial charge in [-0.15, -0.1) is 11.3 Å². The Kier molecular flexibility index (Phi) is 4.89. The van der Waals surface area contributed by atoms with E-state index in [4.69, 9.17) is 4.74 Å². The normalized spacial score (nSPS) is 21.5. The molecular weight excluding hydrogens is 276 g/mol. The molecule has 6 heteroatoms. The van der Waals surface area contributed by atoms with E-state index in [0.29, 0.717) is 23.6 Å². The van der Waals surface area contributed by atoms with E-state index < -0.39 is 5.97 Å². The lowest BCUT2D eigenvalue weighted by molar-refractivity contribution is -0.114. The average molecular weight is 294 g/mol. The number of carbonyl (C=O) groups excluding carboxylic acids is 2. The van der Waals surface area contributed by atoms with Gasteiger partial charge in [-0.25, -0.2) is 9.78 Å². The minimum absolute atomic E-state index is 0.206. The number of nitrogens with zero attached hydrogens (tertiary/aromatic N) is 1. The number of carbonyl (C=O) groups is 2. The first-order chi connectivity index (χ1) is 9.56. The molecule has 1 aliphatic carbocycles. The smallest absolute Gasteiger partial charge is 0.357 e. The Labute approximate surface area is 122 Å². The molecule has 0 aromatic carbocycles. The Hall–Kier alpha value is -1.69. The summed E-state index contributed by atoms with van der Waals surface area (Å²) in [6.45, 7) is 3.98. The topological polar surface area (TPSA) is 68.3 Å². The maximum Gasteiger partial charge on any atom is 0.357 e. The van der Waals surface area contributed by atoms with Crippen LogP contribution in [-0.4, -0.2) is 23.5 Å². The van der Waals surface area contributed by atoms with Crippen LogP contribution in [0.4, 0.5) is 5.13 Å². The van der Waals surface area contributed by atoms with Crippen molar-refractivity contribution < 1.29 is 14.3 Å². The van der Waals surface area contributed by atoms with Crippen LogP contribution < -0.4 is 5.32 Å². The Balaban J connectivity index is 1.86. The van der Waals surface area contributed by atoms with Gasteiger partial charge in [0.2, 0.25) is 5.91 Å². The van der Waals surface area contributed by atoms with Crippen molar-refractivity contribution in [3.05, 3.63) is 23.2 Å². The van der Waals surface area contributed by atoms with Crippen LogP contribution in [0.25, 0.3) is 0 Å². The van der Waals surface area contributed by atoms with Crippen LogP contribution in [0.15, 0.2) is 17.5 Å². The Morgan fingerprint density at radius 2 is 2.20 bits per heavy atom. The molecule has 1 aromatic heterocycles. The highest BCUT2D eigenvalue weighted by atomic mass is 32.1. The molecule has 0 unspecified atom stereocenters. The third-order valence-corrected chi connectivity index (χ3v) is 4.10. The molecule has 2 rings (SSSR count). The number of ether oxygens (including phenoxy) is 1. The second-order valence-electron chi connectivity index (χ2n) is 5.00. The molecular formula is C14H18N2O3S. The predicted molar refractivity (Wildman–Crippen MR) is 77.7 cm³/mol. The number of aromatic nitrogens is 1. The molecule has 1 amide bonds. The maximum atomic E-state index is 11.9. The minimum Gasteiger partial charge on any atom is -0.461 e. The fourth-order valence-electron chi connectivity index (χ4n) is 2.07. The number of esters is 1. The van der Waals surface area contributed by atoms with Gasteiger partial charge < -0.3 is 10.1 Å². The van der Waals surface area contributed by atoms with Gasteiger partial charge in [-0.2, -0.15) is 0 Å². The highest BCUT2D eigenvalue weighted by Crippen LogP contribution is 2.25. The number of amides is 1. The molecule has 1 aromatic rings. The van der Waals surface area contributed by atoms with Gasteiger partial charge >= 0.3 is 5.97 Å². The molecule has 0 spiro atoms. The lowest BCUT2D eigenvalue weighted by Crippen LogP contribution is -2.21. The summed E-state index contributed by atoms with van der Waals surface area (Å²) in [6.07, 6.45) is 6.29. The standard InChI is InChI=1S/C14H18N2O3S/c1-9-5-3-4-6-11(9)7-19-13(18)12-8-20-14(16-12)15-10(2)17/h3-4,8-9,11H,5-7H2,1-2H3,(H,15,16,17)/t9-,11+/m0/s1. The van der Waals surface area contributed by atoms with Crippen molar-refractivity contribution in [2.45, 2.75) is 26.7 Å². The number of nitrogens with one attached hydrogen (secondary N) is 1. The summed E-state index contributed by atoms with van der Waals surface area (Å²) in [7, 11) is 0. The second kappa shape index (κ2) is 6.65. The number of thiazole rings is 1. The summed E-state index contributed by atoms with van der Waals surface area (Å²) in [6, 6.07) is 0. The molecule has 0 radical (unpaired) electrons. The van der Waals surface area contributed by atoms with Gasteiger partial charge in [0.15, 0.2) is 10.8 Å². The average Bonchev–Trinajstić information content (AvgIpc) is 2.85. The molecule has 1 aliphatic rings. The first-order valence-corrected chi connectivity index (χ1v) is 7.49. The van der Waals surface area contributed by atoms with E-state index in [0.717, 1.165) is 12.8 Å². The first kappa shape index (κ1) is 14.7. The number of allylic oxidation sites excluding steroid dienone is 2. The van der Waals surface area contributed by atoms with E-state index in [-0.39, 0.29) is 11.6 Å². The number of hydrogen-bond donors (Lipinski definition) is 1. The fraction of sp³-hybridized carbons (Fsp3) is 0.500. The van der Waals surface area contributed by atoms with Gasteiger partial charge in [0.05, 0.1) is 6.61 Å². The van der Waals surface area contributed by atoms with Crippen molar-refractivity contribution in [1.82, 2.24) is 4.98 Å². The molecule has 108 valence electrons. The summed E-state index contributed by atoms with van der Waals surface area (Å²) in [5.74, 6) is 0.261.